The van der Waals surface area contributed by atoms with E-state index in [4.69, 9.17) is 14.2 Å². The van der Waals surface area contributed by atoms with Crippen LogP contribution in [0.4, 0.5) is 0 Å². The standard InChI is InChI=1S/C22H20O5/c1-25-19-13-7-8-14-20(19)27-21(22(23)24)15-16-9-5-6-12-18(16)26-17-10-3-2-4-11-17/h2-14,21H,15H2,1H3,(H,23,24)/t21-/m1/s1. The van der Waals surface area contributed by atoms with Crippen molar-refractivity contribution in [3.8, 4) is 23.0 Å². The molecule has 0 aromatic heterocycles. The van der Waals surface area contributed by atoms with Gasteiger partial charge in [-0.05, 0) is 35.9 Å². The summed E-state index contributed by atoms with van der Waals surface area (Å²) in [5.41, 5.74) is 0.739. The van der Waals surface area contributed by atoms with Gasteiger partial charge in [0.25, 0.3) is 0 Å². The van der Waals surface area contributed by atoms with Crippen LogP contribution in [0.25, 0.3) is 0 Å². The van der Waals surface area contributed by atoms with Crippen molar-refractivity contribution in [2.24, 2.45) is 0 Å². The fraction of sp³-hybridized carbons (Fsp3) is 0.136. The topological polar surface area (TPSA) is 65.0 Å². The van der Waals surface area contributed by atoms with Crippen LogP contribution < -0.4 is 14.2 Å². The second-order valence-electron chi connectivity index (χ2n) is 5.82. The Kier molecular flexibility index (Phi) is 5.94. The highest BCUT2D eigenvalue weighted by atomic mass is 16.5. The first-order valence-corrected chi connectivity index (χ1v) is 8.50. The van der Waals surface area contributed by atoms with Crippen LogP contribution in [0, 0.1) is 0 Å². The van der Waals surface area contributed by atoms with Crippen LogP contribution in [0.3, 0.4) is 0 Å². The Morgan fingerprint density at radius 2 is 1.44 bits per heavy atom. The molecule has 1 atom stereocenters. The van der Waals surface area contributed by atoms with Crippen molar-refractivity contribution in [1.82, 2.24) is 0 Å². The molecule has 0 bridgehead atoms. The Balaban J connectivity index is 1.82. The molecule has 0 amide bonds. The maximum atomic E-state index is 11.8. The van der Waals surface area contributed by atoms with Gasteiger partial charge < -0.3 is 19.3 Å². The summed E-state index contributed by atoms with van der Waals surface area (Å²) in [4.78, 5) is 11.8. The van der Waals surface area contributed by atoms with Gasteiger partial charge in [-0.3, -0.25) is 0 Å². The lowest BCUT2D eigenvalue weighted by Gasteiger charge is -2.18. The summed E-state index contributed by atoms with van der Waals surface area (Å²) >= 11 is 0. The molecule has 0 aliphatic carbocycles. The number of methoxy groups -OCH3 is 1. The SMILES string of the molecule is COc1ccccc1O[C@H](Cc1ccccc1Oc1ccccc1)C(=O)O. The molecular weight excluding hydrogens is 344 g/mol. The van der Waals surface area contributed by atoms with Crippen LogP contribution in [0.5, 0.6) is 23.0 Å². The molecule has 1 N–H and O–H groups in total. The lowest BCUT2D eigenvalue weighted by atomic mass is 10.1. The summed E-state index contributed by atoms with van der Waals surface area (Å²) in [5, 5.41) is 9.63. The average Bonchev–Trinajstić information content (AvgIpc) is 2.70. The minimum absolute atomic E-state index is 0.149. The van der Waals surface area contributed by atoms with E-state index in [0.717, 1.165) is 5.56 Å². The van der Waals surface area contributed by atoms with E-state index in [9.17, 15) is 9.90 Å². The van der Waals surface area contributed by atoms with Gasteiger partial charge in [0, 0.05) is 6.42 Å². The zero-order chi connectivity index (χ0) is 19.1. The van der Waals surface area contributed by atoms with Gasteiger partial charge in [0.2, 0.25) is 0 Å². The molecule has 27 heavy (non-hydrogen) atoms. The second kappa shape index (κ2) is 8.76. The average molecular weight is 364 g/mol. The van der Waals surface area contributed by atoms with Crippen molar-refractivity contribution < 1.29 is 24.1 Å². The quantitative estimate of drug-likeness (QED) is 0.635. The Morgan fingerprint density at radius 1 is 0.852 bits per heavy atom. The zero-order valence-electron chi connectivity index (χ0n) is 14.9. The van der Waals surface area contributed by atoms with E-state index >= 15 is 0 Å². The van der Waals surface area contributed by atoms with Gasteiger partial charge in [0.1, 0.15) is 11.5 Å². The molecule has 0 aliphatic heterocycles. The predicted molar refractivity (Wildman–Crippen MR) is 102 cm³/mol. The minimum Gasteiger partial charge on any atom is -0.493 e. The Bertz CT molecular complexity index is 892. The predicted octanol–water partition coefficient (Wildman–Crippen LogP) is 4.56. The highest BCUT2D eigenvalue weighted by Gasteiger charge is 2.23. The lowest BCUT2D eigenvalue weighted by Crippen LogP contribution is -2.29. The van der Waals surface area contributed by atoms with Crippen LogP contribution in [-0.4, -0.2) is 24.3 Å². The molecule has 3 rings (SSSR count). The van der Waals surface area contributed by atoms with Gasteiger partial charge in [-0.15, -0.1) is 0 Å². The molecule has 5 nitrogen and oxygen atoms in total. The summed E-state index contributed by atoms with van der Waals surface area (Å²) in [5.74, 6) is 1.09. The summed E-state index contributed by atoms with van der Waals surface area (Å²) in [6.07, 6.45) is -0.932. The zero-order valence-corrected chi connectivity index (χ0v) is 14.9. The van der Waals surface area contributed by atoms with Crippen molar-refractivity contribution in [3.63, 3.8) is 0 Å². The minimum atomic E-state index is -1.08. The number of carboxylic acids is 1. The number of benzene rings is 3. The lowest BCUT2D eigenvalue weighted by molar-refractivity contribution is -0.145. The second-order valence-corrected chi connectivity index (χ2v) is 5.82. The third-order valence-electron chi connectivity index (χ3n) is 3.96. The smallest absolute Gasteiger partial charge is 0.345 e. The molecule has 0 saturated heterocycles. The molecule has 0 saturated carbocycles. The van der Waals surface area contributed by atoms with Crippen LogP contribution in [0.1, 0.15) is 5.56 Å². The highest BCUT2D eigenvalue weighted by Crippen LogP contribution is 2.30. The van der Waals surface area contributed by atoms with Gasteiger partial charge in [0.05, 0.1) is 7.11 Å². The monoisotopic (exact) mass is 364 g/mol. The first kappa shape index (κ1) is 18.3. The molecule has 0 fully saturated rings. The number of aliphatic carboxylic acids is 1. The number of ether oxygens (including phenoxy) is 3. The van der Waals surface area contributed by atoms with Crippen LogP contribution in [-0.2, 0) is 11.2 Å². The van der Waals surface area contributed by atoms with Gasteiger partial charge in [-0.25, -0.2) is 4.79 Å². The summed E-state index contributed by atoms with van der Waals surface area (Å²) in [6.45, 7) is 0. The first-order chi connectivity index (χ1) is 13.2. The van der Waals surface area contributed by atoms with Crippen molar-refractivity contribution in [3.05, 3.63) is 84.4 Å². The number of hydrogen-bond donors (Lipinski definition) is 1. The molecule has 0 unspecified atom stereocenters. The molecule has 138 valence electrons. The van der Waals surface area contributed by atoms with Crippen molar-refractivity contribution in [2.75, 3.05) is 7.11 Å². The van der Waals surface area contributed by atoms with E-state index in [2.05, 4.69) is 0 Å². The maximum Gasteiger partial charge on any atom is 0.345 e. The Morgan fingerprint density at radius 3 is 2.11 bits per heavy atom. The molecule has 3 aromatic carbocycles. The fourth-order valence-electron chi connectivity index (χ4n) is 2.64. The Labute approximate surface area is 157 Å². The van der Waals surface area contributed by atoms with E-state index < -0.39 is 12.1 Å². The molecule has 0 radical (unpaired) electrons. The van der Waals surface area contributed by atoms with E-state index in [1.807, 2.05) is 54.6 Å². The van der Waals surface area contributed by atoms with Crippen LogP contribution in [0.15, 0.2) is 78.9 Å². The van der Waals surface area contributed by atoms with Gasteiger partial charge >= 0.3 is 5.97 Å². The van der Waals surface area contributed by atoms with Crippen LogP contribution >= 0.6 is 0 Å². The highest BCUT2D eigenvalue weighted by molar-refractivity contribution is 5.73. The summed E-state index contributed by atoms with van der Waals surface area (Å²) in [6, 6.07) is 23.6. The van der Waals surface area contributed by atoms with E-state index in [0.29, 0.717) is 23.0 Å². The number of hydrogen-bond acceptors (Lipinski definition) is 4. The van der Waals surface area contributed by atoms with Crippen LogP contribution in [0.2, 0.25) is 0 Å². The molecule has 3 aromatic rings. The Hall–Kier alpha value is -3.47. The molecule has 0 spiro atoms. The van der Waals surface area contributed by atoms with E-state index in [1.54, 1.807) is 24.3 Å². The van der Waals surface area contributed by atoms with Gasteiger partial charge in [-0.1, -0.05) is 48.5 Å². The molecule has 0 aliphatic rings. The third kappa shape index (κ3) is 4.79. The van der Waals surface area contributed by atoms with E-state index in [1.165, 1.54) is 7.11 Å². The molecule has 5 heteroatoms. The van der Waals surface area contributed by atoms with Gasteiger partial charge in [-0.2, -0.15) is 0 Å². The molecular formula is C22H20O5. The fourth-order valence-corrected chi connectivity index (χ4v) is 2.64. The van der Waals surface area contributed by atoms with Crippen molar-refractivity contribution >= 4 is 5.97 Å². The number of para-hydroxylation sites is 4. The summed E-state index contributed by atoms with van der Waals surface area (Å²) < 4.78 is 16.9. The van der Waals surface area contributed by atoms with Crippen molar-refractivity contribution in [2.45, 2.75) is 12.5 Å². The first-order valence-electron chi connectivity index (χ1n) is 8.50. The summed E-state index contributed by atoms with van der Waals surface area (Å²) in [7, 11) is 1.51. The van der Waals surface area contributed by atoms with E-state index in [-0.39, 0.29) is 6.42 Å². The number of rotatable bonds is 8. The van der Waals surface area contributed by atoms with Gasteiger partial charge in [0.15, 0.2) is 17.6 Å². The number of carboxylic acid groups (broad SMARTS) is 1. The van der Waals surface area contributed by atoms with Crippen molar-refractivity contribution in [1.29, 1.82) is 0 Å². The normalized spacial score (nSPS) is 11.4. The maximum absolute atomic E-state index is 11.8. The number of carbonyl (C=O) groups is 1. The third-order valence-corrected chi connectivity index (χ3v) is 3.96. The largest absolute Gasteiger partial charge is 0.493 e. The molecule has 0 heterocycles.